The maximum atomic E-state index is 13.5. The number of methoxy groups -OCH3 is 1. The molecule has 0 spiro atoms. The minimum atomic E-state index is -0.913. The lowest BCUT2D eigenvalue weighted by atomic mass is 9.94. The number of rotatable bonds is 10. The molecule has 3 aromatic carbocycles. The first kappa shape index (κ1) is 26.8. The lowest BCUT2D eigenvalue weighted by molar-refractivity contribution is -0.132. The van der Waals surface area contributed by atoms with Crippen LogP contribution in [0, 0.1) is 5.92 Å². The van der Waals surface area contributed by atoms with E-state index in [1.807, 2.05) is 13.0 Å². The van der Waals surface area contributed by atoms with Crippen LogP contribution in [0.3, 0.4) is 0 Å². The van der Waals surface area contributed by atoms with E-state index < -0.39 is 17.7 Å². The predicted octanol–water partition coefficient (Wildman–Crippen LogP) is 6.15. The van der Waals surface area contributed by atoms with E-state index in [1.54, 1.807) is 66.7 Å². The topological polar surface area (TPSA) is 85.3 Å². The number of aliphatic hydroxyl groups excluding tert-OH is 1. The minimum Gasteiger partial charge on any atom is -0.507 e. The molecule has 0 radical (unpaired) electrons. The van der Waals surface area contributed by atoms with Crippen LogP contribution in [0.5, 0.6) is 17.2 Å². The zero-order valence-corrected chi connectivity index (χ0v) is 22.1. The van der Waals surface area contributed by atoms with Gasteiger partial charge in [-0.3, -0.25) is 14.5 Å². The zero-order valence-electron chi connectivity index (χ0n) is 22.1. The second kappa shape index (κ2) is 11.9. The Morgan fingerprint density at radius 1 is 0.947 bits per heavy atom. The lowest BCUT2D eigenvalue weighted by Crippen LogP contribution is -2.29. The number of anilines is 1. The SMILES string of the molecule is CCCOc1cccc(N2C(=O)C(=O)/C(=C(/O)c3ccc(OCC(C)C)cc3)C2c2ccccc2OC)c1. The molecular formula is C31H33NO6. The maximum absolute atomic E-state index is 13.5. The number of aliphatic hydroxyl groups is 1. The van der Waals surface area contributed by atoms with Crippen molar-refractivity contribution in [3.63, 3.8) is 0 Å². The number of ether oxygens (including phenoxy) is 3. The molecule has 7 nitrogen and oxygen atoms in total. The number of amides is 1. The first-order valence-electron chi connectivity index (χ1n) is 12.8. The highest BCUT2D eigenvalue weighted by atomic mass is 16.5. The van der Waals surface area contributed by atoms with Gasteiger partial charge < -0.3 is 19.3 Å². The van der Waals surface area contributed by atoms with Crippen LogP contribution in [0.25, 0.3) is 5.76 Å². The third-order valence-corrected chi connectivity index (χ3v) is 6.16. The third kappa shape index (κ3) is 5.52. The largest absolute Gasteiger partial charge is 0.507 e. The molecule has 198 valence electrons. The molecule has 1 N–H and O–H groups in total. The van der Waals surface area contributed by atoms with Crippen LogP contribution in [0.15, 0.2) is 78.4 Å². The molecule has 38 heavy (non-hydrogen) atoms. The van der Waals surface area contributed by atoms with Gasteiger partial charge in [-0.2, -0.15) is 0 Å². The lowest BCUT2D eigenvalue weighted by Gasteiger charge is -2.27. The molecule has 3 aromatic rings. The zero-order chi connectivity index (χ0) is 27.2. The molecule has 1 unspecified atom stereocenters. The second-order valence-electron chi connectivity index (χ2n) is 9.49. The Kier molecular flexibility index (Phi) is 8.36. The molecule has 1 aliphatic rings. The summed E-state index contributed by atoms with van der Waals surface area (Å²) in [6.45, 7) is 7.21. The summed E-state index contributed by atoms with van der Waals surface area (Å²) in [5, 5.41) is 11.4. The van der Waals surface area contributed by atoms with E-state index in [9.17, 15) is 14.7 Å². The number of hydrogen-bond donors (Lipinski definition) is 1. The van der Waals surface area contributed by atoms with Crippen LogP contribution in [-0.2, 0) is 9.59 Å². The molecule has 0 aromatic heterocycles. The fraction of sp³-hybridized carbons (Fsp3) is 0.290. The van der Waals surface area contributed by atoms with Crippen LogP contribution < -0.4 is 19.1 Å². The monoisotopic (exact) mass is 515 g/mol. The highest BCUT2D eigenvalue weighted by Crippen LogP contribution is 2.45. The van der Waals surface area contributed by atoms with Gasteiger partial charge in [-0.1, -0.05) is 45.0 Å². The van der Waals surface area contributed by atoms with E-state index >= 15 is 0 Å². The van der Waals surface area contributed by atoms with Crippen molar-refractivity contribution in [1.82, 2.24) is 0 Å². The number of carbonyl (C=O) groups is 2. The van der Waals surface area contributed by atoms with Crippen molar-refractivity contribution in [2.45, 2.75) is 33.2 Å². The van der Waals surface area contributed by atoms with Crippen LogP contribution in [0.1, 0.15) is 44.4 Å². The number of nitrogens with zero attached hydrogens (tertiary/aromatic N) is 1. The molecule has 1 amide bonds. The van der Waals surface area contributed by atoms with E-state index in [0.717, 1.165) is 6.42 Å². The van der Waals surface area contributed by atoms with Gasteiger partial charge in [0.05, 0.1) is 31.9 Å². The van der Waals surface area contributed by atoms with E-state index in [-0.39, 0.29) is 11.3 Å². The van der Waals surface area contributed by atoms with Gasteiger partial charge in [0.2, 0.25) is 0 Å². The van der Waals surface area contributed by atoms with Crippen LogP contribution in [0.4, 0.5) is 5.69 Å². The molecule has 1 heterocycles. The molecule has 1 saturated heterocycles. The number of Topliss-reactive ketones (excluding diaryl/α,β-unsaturated/α-hetero) is 1. The summed E-state index contributed by atoms with van der Waals surface area (Å²) in [5.74, 6) is 0.306. The standard InChI is InChI=1S/C31H33NO6/c1-5-17-37-24-10-8-9-22(18-24)32-28(25-11-6-7-12-26(25)36-4)27(30(34)31(32)35)29(33)21-13-15-23(16-14-21)38-19-20(2)3/h6-16,18,20,28,33H,5,17,19H2,1-4H3/b29-27+. The predicted molar refractivity (Wildman–Crippen MR) is 147 cm³/mol. The molecule has 1 aliphatic heterocycles. The summed E-state index contributed by atoms with van der Waals surface area (Å²) in [5.41, 5.74) is 1.44. The first-order chi connectivity index (χ1) is 18.3. The van der Waals surface area contributed by atoms with Gasteiger partial charge in [0.1, 0.15) is 23.0 Å². The molecule has 4 rings (SSSR count). The summed E-state index contributed by atoms with van der Waals surface area (Å²) in [6, 6.07) is 20.1. The Hall–Kier alpha value is -4.26. The van der Waals surface area contributed by atoms with Crippen molar-refractivity contribution in [2.75, 3.05) is 25.2 Å². The van der Waals surface area contributed by atoms with Crippen LogP contribution in [0.2, 0.25) is 0 Å². The van der Waals surface area contributed by atoms with Crippen molar-refractivity contribution in [1.29, 1.82) is 0 Å². The van der Waals surface area contributed by atoms with E-state index in [2.05, 4.69) is 13.8 Å². The molecule has 0 saturated carbocycles. The number of carbonyl (C=O) groups excluding carboxylic acids is 2. The molecule has 0 bridgehead atoms. The minimum absolute atomic E-state index is 0.0183. The van der Waals surface area contributed by atoms with Gasteiger partial charge in [0, 0.05) is 22.9 Å². The molecular weight excluding hydrogens is 482 g/mol. The molecule has 1 atom stereocenters. The van der Waals surface area contributed by atoms with Crippen molar-refractivity contribution < 1.29 is 28.9 Å². The van der Waals surface area contributed by atoms with Gasteiger partial charge in [0.15, 0.2) is 0 Å². The Morgan fingerprint density at radius 3 is 2.37 bits per heavy atom. The maximum Gasteiger partial charge on any atom is 0.300 e. The quantitative estimate of drug-likeness (QED) is 0.198. The van der Waals surface area contributed by atoms with Gasteiger partial charge in [-0.25, -0.2) is 0 Å². The summed E-state index contributed by atoms with van der Waals surface area (Å²) in [4.78, 5) is 28.4. The fourth-order valence-electron chi connectivity index (χ4n) is 4.36. The van der Waals surface area contributed by atoms with Gasteiger partial charge in [-0.15, -0.1) is 0 Å². The fourth-order valence-corrected chi connectivity index (χ4v) is 4.36. The van der Waals surface area contributed by atoms with Gasteiger partial charge in [0.25, 0.3) is 11.7 Å². The van der Waals surface area contributed by atoms with Gasteiger partial charge in [-0.05, 0) is 54.8 Å². The van der Waals surface area contributed by atoms with Crippen molar-refractivity contribution in [3.05, 3.63) is 89.5 Å². The Balaban J connectivity index is 1.83. The highest BCUT2D eigenvalue weighted by Gasteiger charge is 2.48. The number of ketones is 1. The van der Waals surface area contributed by atoms with Gasteiger partial charge >= 0.3 is 0 Å². The van der Waals surface area contributed by atoms with Crippen LogP contribution >= 0.6 is 0 Å². The Bertz CT molecular complexity index is 1330. The Morgan fingerprint density at radius 2 is 1.68 bits per heavy atom. The second-order valence-corrected chi connectivity index (χ2v) is 9.49. The molecule has 1 fully saturated rings. The Labute approximate surface area is 223 Å². The first-order valence-corrected chi connectivity index (χ1v) is 12.8. The van der Waals surface area contributed by atoms with Crippen molar-refractivity contribution >= 4 is 23.1 Å². The van der Waals surface area contributed by atoms with Crippen molar-refractivity contribution in [2.24, 2.45) is 5.92 Å². The highest BCUT2D eigenvalue weighted by molar-refractivity contribution is 6.51. The van der Waals surface area contributed by atoms with E-state index in [1.165, 1.54) is 12.0 Å². The number of benzene rings is 3. The number of hydrogen-bond acceptors (Lipinski definition) is 6. The number of para-hydroxylation sites is 1. The average Bonchev–Trinajstić information content (AvgIpc) is 3.20. The normalized spacial score (nSPS) is 16.7. The van der Waals surface area contributed by atoms with Crippen molar-refractivity contribution in [3.8, 4) is 17.2 Å². The average molecular weight is 516 g/mol. The van der Waals surface area contributed by atoms with E-state index in [0.29, 0.717) is 53.2 Å². The molecule has 0 aliphatic carbocycles. The smallest absolute Gasteiger partial charge is 0.300 e. The summed E-state index contributed by atoms with van der Waals surface area (Å²) in [6.07, 6.45) is 0.831. The third-order valence-electron chi connectivity index (χ3n) is 6.16. The summed E-state index contributed by atoms with van der Waals surface area (Å²) in [7, 11) is 1.53. The summed E-state index contributed by atoms with van der Waals surface area (Å²) < 4.78 is 17.1. The van der Waals surface area contributed by atoms with E-state index in [4.69, 9.17) is 14.2 Å². The van der Waals surface area contributed by atoms with Crippen LogP contribution in [-0.4, -0.2) is 37.1 Å². The molecule has 7 heteroatoms. The summed E-state index contributed by atoms with van der Waals surface area (Å²) >= 11 is 0.